The van der Waals surface area contributed by atoms with Crippen LogP contribution in [0, 0.1) is 5.82 Å². The number of rotatable bonds is 6. The van der Waals surface area contributed by atoms with Crippen LogP contribution >= 0.6 is 11.8 Å². The zero-order valence-electron chi connectivity index (χ0n) is 14.7. The molecule has 6 heteroatoms. The van der Waals surface area contributed by atoms with Crippen LogP contribution in [0.4, 0.5) is 4.39 Å². The normalized spacial score (nSPS) is 16.3. The van der Waals surface area contributed by atoms with E-state index in [2.05, 4.69) is 20.4 Å². The first-order valence-electron chi connectivity index (χ1n) is 9.02. The van der Waals surface area contributed by atoms with Gasteiger partial charge in [0.15, 0.2) is 0 Å². The average Bonchev–Trinajstić information content (AvgIpc) is 3.07. The summed E-state index contributed by atoms with van der Waals surface area (Å²) >= 11 is 1.79. The maximum Gasteiger partial charge on any atom is 0.137 e. The Morgan fingerprint density at radius 3 is 2.50 bits per heavy atom. The summed E-state index contributed by atoms with van der Waals surface area (Å²) in [6.07, 6.45) is 4.17. The van der Waals surface area contributed by atoms with Gasteiger partial charge in [-0.25, -0.2) is 9.37 Å². The van der Waals surface area contributed by atoms with Gasteiger partial charge in [-0.15, -0.1) is 11.8 Å². The lowest BCUT2D eigenvalue weighted by molar-refractivity contribution is 0.132. The van der Waals surface area contributed by atoms with E-state index in [0.717, 1.165) is 61.3 Å². The number of aromatic nitrogens is 2. The van der Waals surface area contributed by atoms with Gasteiger partial charge in [0, 0.05) is 62.3 Å². The van der Waals surface area contributed by atoms with Crippen molar-refractivity contribution in [1.29, 1.82) is 0 Å². The van der Waals surface area contributed by atoms with E-state index in [-0.39, 0.29) is 5.82 Å². The predicted octanol–water partition coefficient (Wildman–Crippen LogP) is 3.38. The first-order chi connectivity index (χ1) is 12.8. The van der Waals surface area contributed by atoms with Gasteiger partial charge >= 0.3 is 0 Å². The summed E-state index contributed by atoms with van der Waals surface area (Å²) in [6, 6.07) is 12.9. The van der Waals surface area contributed by atoms with Crippen LogP contribution in [-0.4, -0.2) is 57.7 Å². The number of hydrogen-bond acceptors (Lipinski definition) is 4. The Kier molecular flexibility index (Phi) is 5.53. The van der Waals surface area contributed by atoms with Crippen LogP contribution in [0.3, 0.4) is 0 Å². The highest BCUT2D eigenvalue weighted by Crippen LogP contribution is 2.18. The summed E-state index contributed by atoms with van der Waals surface area (Å²) in [5, 5.41) is 0. The molecule has 0 aliphatic carbocycles. The molecule has 0 atom stereocenters. The standard InChI is InChI=1S/C20H23FN4S/c21-17-4-6-19(7-5-17)26-14-13-23-9-11-24(12-10-23)15-18-16-25-8-2-1-3-20(25)22-18/h1-8,16H,9-15H2. The van der Waals surface area contributed by atoms with Crippen LogP contribution in [0.2, 0.25) is 0 Å². The third kappa shape index (κ3) is 4.44. The van der Waals surface area contributed by atoms with Crippen molar-refractivity contribution in [3.63, 3.8) is 0 Å². The van der Waals surface area contributed by atoms with Gasteiger partial charge in [-0.2, -0.15) is 0 Å². The summed E-state index contributed by atoms with van der Waals surface area (Å²) in [7, 11) is 0. The Balaban J connectivity index is 1.20. The maximum absolute atomic E-state index is 12.9. The van der Waals surface area contributed by atoms with Gasteiger partial charge < -0.3 is 4.40 Å². The van der Waals surface area contributed by atoms with Gasteiger partial charge in [-0.1, -0.05) is 6.07 Å². The molecule has 0 N–H and O–H groups in total. The van der Waals surface area contributed by atoms with Crippen LogP contribution in [-0.2, 0) is 6.54 Å². The number of benzene rings is 1. The molecule has 2 aromatic heterocycles. The van der Waals surface area contributed by atoms with Gasteiger partial charge in [-0.3, -0.25) is 9.80 Å². The average molecular weight is 370 g/mol. The van der Waals surface area contributed by atoms with Crippen LogP contribution in [0.25, 0.3) is 5.65 Å². The van der Waals surface area contributed by atoms with Crippen LogP contribution < -0.4 is 0 Å². The molecule has 1 aliphatic heterocycles. The molecule has 0 spiro atoms. The van der Waals surface area contributed by atoms with E-state index in [1.54, 1.807) is 11.8 Å². The second kappa shape index (κ2) is 8.20. The summed E-state index contributed by atoms with van der Waals surface area (Å²) in [4.78, 5) is 10.8. The minimum absolute atomic E-state index is 0.170. The molecular formula is C20H23FN4S. The fourth-order valence-electron chi connectivity index (χ4n) is 3.29. The Hall–Kier alpha value is -1.89. The van der Waals surface area contributed by atoms with Crippen molar-refractivity contribution < 1.29 is 4.39 Å². The Labute approximate surface area is 157 Å². The van der Waals surface area contributed by atoms with E-state index in [4.69, 9.17) is 4.98 Å². The highest BCUT2D eigenvalue weighted by molar-refractivity contribution is 7.99. The lowest BCUT2D eigenvalue weighted by Gasteiger charge is -2.34. The van der Waals surface area contributed by atoms with Gasteiger partial charge in [0.05, 0.1) is 5.69 Å². The van der Waals surface area contributed by atoms with E-state index in [9.17, 15) is 4.39 Å². The minimum atomic E-state index is -0.170. The van der Waals surface area contributed by atoms with Crippen molar-refractivity contribution in [3.05, 3.63) is 66.4 Å². The van der Waals surface area contributed by atoms with Crippen molar-refractivity contribution in [2.24, 2.45) is 0 Å². The highest BCUT2D eigenvalue weighted by atomic mass is 32.2. The van der Waals surface area contributed by atoms with Crippen molar-refractivity contribution in [1.82, 2.24) is 19.2 Å². The smallest absolute Gasteiger partial charge is 0.137 e. The first kappa shape index (κ1) is 17.5. The third-order valence-electron chi connectivity index (χ3n) is 4.75. The van der Waals surface area contributed by atoms with Gasteiger partial charge in [-0.05, 0) is 36.4 Å². The molecular weight excluding hydrogens is 347 g/mol. The molecule has 0 bridgehead atoms. The number of thioether (sulfide) groups is 1. The number of fused-ring (bicyclic) bond motifs is 1. The summed E-state index contributed by atoms with van der Waals surface area (Å²) < 4.78 is 15.0. The van der Waals surface area contributed by atoms with E-state index in [0.29, 0.717) is 0 Å². The zero-order valence-corrected chi connectivity index (χ0v) is 15.5. The molecule has 3 aromatic rings. The lowest BCUT2D eigenvalue weighted by Crippen LogP contribution is -2.46. The molecule has 4 rings (SSSR count). The topological polar surface area (TPSA) is 23.8 Å². The van der Waals surface area contributed by atoms with E-state index in [1.165, 1.54) is 12.1 Å². The van der Waals surface area contributed by atoms with Gasteiger partial charge in [0.2, 0.25) is 0 Å². The molecule has 1 fully saturated rings. The first-order valence-corrected chi connectivity index (χ1v) is 10.0. The molecule has 26 heavy (non-hydrogen) atoms. The van der Waals surface area contributed by atoms with Crippen molar-refractivity contribution in [3.8, 4) is 0 Å². The van der Waals surface area contributed by atoms with Crippen molar-refractivity contribution in [2.75, 3.05) is 38.5 Å². The number of nitrogens with zero attached hydrogens (tertiary/aromatic N) is 4. The highest BCUT2D eigenvalue weighted by Gasteiger charge is 2.17. The fraction of sp³-hybridized carbons (Fsp3) is 0.350. The summed E-state index contributed by atoms with van der Waals surface area (Å²) in [5.74, 6) is 0.869. The number of piperazine rings is 1. The predicted molar refractivity (Wildman–Crippen MR) is 104 cm³/mol. The minimum Gasteiger partial charge on any atom is -0.307 e. The Bertz CT molecular complexity index is 807. The van der Waals surface area contributed by atoms with Crippen molar-refractivity contribution in [2.45, 2.75) is 11.4 Å². The monoisotopic (exact) mass is 370 g/mol. The molecule has 3 heterocycles. The molecule has 0 radical (unpaired) electrons. The second-order valence-corrected chi connectivity index (χ2v) is 7.79. The van der Waals surface area contributed by atoms with Gasteiger partial charge in [0.25, 0.3) is 0 Å². The summed E-state index contributed by atoms with van der Waals surface area (Å²) in [5.41, 5.74) is 2.15. The number of halogens is 1. The largest absolute Gasteiger partial charge is 0.307 e. The number of hydrogen-bond donors (Lipinski definition) is 0. The molecule has 4 nitrogen and oxygen atoms in total. The van der Waals surface area contributed by atoms with Crippen molar-refractivity contribution >= 4 is 17.4 Å². The van der Waals surface area contributed by atoms with E-state index < -0.39 is 0 Å². The molecule has 136 valence electrons. The molecule has 1 aromatic carbocycles. The quantitative estimate of drug-likeness (QED) is 0.621. The molecule has 1 aliphatic rings. The fourth-order valence-corrected chi connectivity index (χ4v) is 4.20. The molecule has 1 saturated heterocycles. The maximum atomic E-state index is 12.9. The van der Waals surface area contributed by atoms with Crippen LogP contribution in [0.15, 0.2) is 59.8 Å². The zero-order chi connectivity index (χ0) is 17.8. The van der Waals surface area contributed by atoms with E-state index in [1.807, 2.05) is 36.5 Å². The lowest BCUT2D eigenvalue weighted by atomic mass is 10.3. The second-order valence-electron chi connectivity index (χ2n) is 6.62. The number of pyridine rings is 1. The molecule has 0 saturated carbocycles. The number of imidazole rings is 1. The van der Waals surface area contributed by atoms with Crippen LogP contribution in [0.1, 0.15) is 5.69 Å². The third-order valence-corrected chi connectivity index (χ3v) is 5.75. The Morgan fingerprint density at radius 2 is 1.73 bits per heavy atom. The summed E-state index contributed by atoms with van der Waals surface area (Å²) in [6.45, 7) is 6.34. The van der Waals surface area contributed by atoms with E-state index >= 15 is 0 Å². The molecule has 0 amide bonds. The van der Waals surface area contributed by atoms with Crippen LogP contribution in [0.5, 0.6) is 0 Å². The molecule has 0 unspecified atom stereocenters. The van der Waals surface area contributed by atoms with Gasteiger partial charge in [0.1, 0.15) is 11.5 Å². The SMILES string of the molecule is Fc1ccc(SCCN2CCN(Cc3cn4ccccc4n3)CC2)cc1. The Morgan fingerprint density at radius 1 is 0.962 bits per heavy atom.